The molecule has 1 amide bonds. The first kappa shape index (κ1) is 18.8. The molecule has 0 saturated carbocycles. The normalized spacial score (nSPS) is 10.6. The number of hydrogen-bond donors (Lipinski definition) is 1. The quantitative estimate of drug-likeness (QED) is 0.635. The molecule has 138 valence electrons. The zero-order valence-corrected chi connectivity index (χ0v) is 15.8. The number of rotatable bonds is 7. The van der Waals surface area contributed by atoms with Crippen molar-refractivity contribution in [1.82, 2.24) is 14.8 Å². The summed E-state index contributed by atoms with van der Waals surface area (Å²) in [6.45, 7) is 0.379. The van der Waals surface area contributed by atoms with Crippen molar-refractivity contribution in [2.75, 3.05) is 11.6 Å². The third kappa shape index (κ3) is 5.04. The molecule has 7 heteroatoms. The summed E-state index contributed by atoms with van der Waals surface area (Å²) in [6, 6.07) is 14.6. The van der Waals surface area contributed by atoms with Crippen LogP contribution in [0.5, 0.6) is 0 Å². The molecule has 1 aromatic carbocycles. The lowest BCUT2D eigenvalue weighted by molar-refractivity contribution is -0.116. The number of anilines is 1. The Morgan fingerprint density at radius 2 is 2.00 bits per heavy atom. The maximum Gasteiger partial charge on any atom is 0.266 e. The largest absolute Gasteiger partial charge is 0.325 e. The van der Waals surface area contributed by atoms with Gasteiger partial charge in [0.2, 0.25) is 5.91 Å². The number of pyridine rings is 1. The lowest BCUT2D eigenvalue weighted by Gasteiger charge is -2.10. The highest BCUT2D eigenvalue weighted by Gasteiger charge is 2.08. The molecular formula is C20H20N4O2S. The molecule has 27 heavy (non-hydrogen) atoms. The van der Waals surface area contributed by atoms with E-state index in [1.807, 2.05) is 42.7 Å². The van der Waals surface area contributed by atoms with Crippen molar-refractivity contribution in [3.8, 4) is 11.3 Å². The van der Waals surface area contributed by atoms with Crippen LogP contribution in [0.15, 0.2) is 70.6 Å². The van der Waals surface area contributed by atoms with E-state index < -0.39 is 0 Å². The van der Waals surface area contributed by atoms with E-state index in [0.717, 1.165) is 16.1 Å². The highest BCUT2D eigenvalue weighted by Crippen LogP contribution is 2.24. The third-order valence-corrected chi connectivity index (χ3v) is 4.77. The number of nitrogens with zero attached hydrogens (tertiary/aromatic N) is 3. The van der Waals surface area contributed by atoms with E-state index >= 15 is 0 Å². The Labute approximate surface area is 161 Å². The van der Waals surface area contributed by atoms with E-state index in [9.17, 15) is 9.59 Å². The van der Waals surface area contributed by atoms with Crippen LogP contribution >= 0.6 is 11.8 Å². The number of para-hydroxylation sites is 1. The van der Waals surface area contributed by atoms with Crippen molar-refractivity contribution < 1.29 is 4.79 Å². The van der Waals surface area contributed by atoms with E-state index in [0.29, 0.717) is 25.1 Å². The second-order valence-electron chi connectivity index (χ2n) is 5.87. The summed E-state index contributed by atoms with van der Waals surface area (Å²) in [6.07, 6.45) is 6.20. The number of aromatic nitrogens is 3. The molecule has 0 fully saturated rings. The van der Waals surface area contributed by atoms with Crippen molar-refractivity contribution >= 4 is 23.4 Å². The predicted molar refractivity (Wildman–Crippen MR) is 108 cm³/mol. The Morgan fingerprint density at radius 1 is 1.15 bits per heavy atom. The molecule has 0 aliphatic heterocycles. The van der Waals surface area contributed by atoms with Crippen LogP contribution in [0.3, 0.4) is 0 Å². The SMILES string of the molecule is CSc1ccccc1NC(=O)CCCn1nc(-c2cccnc2)ccc1=O. The molecule has 2 heterocycles. The van der Waals surface area contributed by atoms with Crippen molar-refractivity contribution in [1.29, 1.82) is 0 Å². The number of carbonyl (C=O) groups is 1. The molecule has 2 aromatic heterocycles. The summed E-state index contributed by atoms with van der Waals surface area (Å²) >= 11 is 1.58. The van der Waals surface area contributed by atoms with Gasteiger partial charge in [-0.05, 0) is 43.0 Å². The smallest absolute Gasteiger partial charge is 0.266 e. The number of carbonyl (C=O) groups excluding carboxylic acids is 1. The third-order valence-electron chi connectivity index (χ3n) is 3.98. The minimum Gasteiger partial charge on any atom is -0.325 e. The average molecular weight is 380 g/mol. The second kappa shape index (κ2) is 9.14. The zero-order chi connectivity index (χ0) is 19.1. The Balaban J connectivity index is 1.60. The summed E-state index contributed by atoms with van der Waals surface area (Å²) < 4.78 is 1.39. The fourth-order valence-corrected chi connectivity index (χ4v) is 3.18. The van der Waals surface area contributed by atoms with E-state index in [4.69, 9.17) is 0 Å². The first-order chi connectivity index (χ1) is 13.2. The molecule has 3 rings (SSSR count). The molecular weight excluding hydrogens is 360 g/mol. The molecule has 0 aliphatic carbocycles. The second-order valence-corrected chi connectivity index (χ2v) is 6.72. The van der Waals surface area contributed by atoms with Crippen LogP contribution in [0.1, 0.15) is 12.8 Å². The first-order valence-corrected chi connectivity index (χ1v) is 9.81. The number of hydrogen-bond acceptors (Lipinski definition) is 5. The van der Waals surface area contributed by atoms with Crippen LogP contribution in [0.4, 0.5) is 5.69 Å². The van der Waals surface area contributed by atoms with E-state index in [-0.39, 0.29) is 11.5 Å². The molecule has 1 N–H and O–H groups in total. The molecule has 6 nitrogen and oxygen atoms in total. The van der Waals surface area contributed by atoms with Crippen molar-refractivity contribution in [3.05, 3.63) is 71.3 Å². The van der Waals surface area contributed by atoms with E-state index in [1.54, 1.807) is 30.2 Å². The molecule has 0 spiro atoms. The van der Waals surface area contributed by atoms with Crippen LogP contribution in [0.2, 0.25) is 0 Å². The van der Waals surface area contributed by atoms with Gasteiger partial charge in [0, 0.05) is 41.9 Å². The van der Waals surface area contributed by atoms with Gasteiger partial charge in [0.1, 0.15) is 0 Å². The monoisotopic (exact) mass is 380 g/mol. The van der Waals surface area contributed by atoms with Gasteiger partial charge in [-0.1, -0.05) is 12.1 Å². The number of nitrogens with one attached hydrogen (secondary N) is 1. The van der Waals surface area contributed by atoms with Crippen molar-refractivity contribution in [3.63, 3.8) is 0 Å². The summed E-state index contributed by atoms with van der Waals surface area (Å²) in [4.78, 5) is 29.3. The van der Waals surface area contributed by atoms with Crippen LogP contribution in [-0.2, 0) is 11.3 Å². The summed E-state index contributed by atoms with van der Waals surface area (Å²) in [5, 5.41) is 7.30. The molecule has 0 unspecified atom stereocenters. The average Bonchev–Trinajstić information content (AvgIpc) is 2.70. The maximum atomic E-state index is 12.2. The molecule has 0 bridgehead atoms. The number of amides is 1. The van der Waals surface area contributed by atoms with Crippen molar-refractivity contribution in [2.24, 2.45) is 0 Å². The van der Waals surface area contributed by atoms with Crippen LogP contribution in [0, 0.1) is 0 Å². The highest BCUT2D eigenvalue weighted by molar-refractivity contribution is 7.98. The fraction of sp³-hybridized carbons (Fsp3) is 0.200. The molecule has 0 aliphatic rings. The Hall–Kier alpha value is -2.93. The van der Waals surface area contributed by atoms with Crippen molar-refractivity contribution in [2.45, 2.75) is 24.3 Å². The first-order valence-electron chi connectivity index (χ1n) is 8.59. The van der Waals surface area contributed by atoms with Gasteiger partial charge < -0.3 is 5.32 Å². The van der Waals surface area contributed by atoms with E-state index in [1.165, 1.54) is 10.7 Å². The molecule has 0 saturated heterocycles. The van der Waals surface area contributed by atoms with Gasteiger partial charge in [0.05, 0.1) is 11.4 Å². The minimum atomic E-state index is -0.184. The Bertz CT molecular complexity index is 973. The summed E-state index contributed by atoms with van der Waals surface area (Å²) in [7, 11) is 0. The van der Waals surface area contributed by atoms with Gasteiger partial charge >= 0.3 is 0 Å². The minimum absolute atomic E-state index is 0.0760. The Morgan fingerprint density at radius 3 is 2.78 bits per heavy atom. The Kier molecular flexibility index (Phi) is 6.38. The zero-order valence-electron chi connectivity index (χ0n) is 15.0. The number of benzene rings is 1. The lowest BCUT2D eigenvalue weighted by Crippen LogP contribution is -2.23. The number of aryl methyl sites for hydroxylation is 1. The fourth-order valence-electron chi connectivity index (χ4n) is 2.63. The van der Waals surface area contributed by atoms with Crippen LogP contribution < -0.4 is 10.9 Å². The lowest BCUT2D eigenvalue weighted by atomic mass is 10.2. The van der Waals surface area contributed by atoms with Gasteiger partial charge in [-0.15, -0.1) is 11.8 Å². The number of thioether (sulfide) groups is 1. The van der Waals surface area contributed by atoms with Crippen LogP contribution in [0.25, 0.3) is 11.3 Å². The topological polar surface area (TPSA) is 76.9 Å². The predicted octanol–water partition coefficient (Wildman–Crippen LogP) is 3.45. The standard InChI is InChI=1S/C20H20N4O2S/c1-27-18-8-3-2-7-17(18)22-19(25)9-5-13-24-20(26)11-10-16(23-24)15-6-4-12-21-14-15/h2-4,6-8,10-12,14H,5,9,13H2,1H3,(H,22,25). The summed E-state index contributed by atoms with van der Waals surface area (Å²) in [5.74, 6) is -0.0760. The van der Waals surface area contributed by atoms with Gasteiger partial charge in [0.15, 0.2) is 0 Å². The van der Waals surface area contributed by atoms with Gasteiger partial charge in [-0.25, -0.2) is 4.68 Å². The molecule has 0 atom stereocenters. The van der Waals surface area contributed by atoms with Gasteiger partial charge in [-0.2, -0.15) is 5.10 Å². The highest BCUT2D eigenvalue weighted by atomic mass is 32.2. The van der Waals surface area contributed by atoms with Crippen LogP contribution in [-0.4, -0.2) is 26.9 Å². The van der Waals surface area contributed by atoms with Gasteiger partial charge in [0.25, 0.3) is 5.56 Å². The molecule has 3 aromatic rings. The van der Waals surface area contributed by atoms with E-state index in [2.05, 4.69) is 15.4 Å². The van der Waals surface area contributed by atoms with Gasteiger partial charge in [-0.3, -0.25) is 14.6 Å². The summed E-state index contributed by atoms with van der Waals surface area (Å²) in [5.41, 5.74) is 2.15. The molecule has 0 radical (unpaired) electrons. The maximum absolute atomic E-state index is 12.2.